The standard InChI is InChI=1S/C48H56ClF3N8O6S2/c1-47(2)15-13-35(41(30-47)33-5-7-36(49)8-6-33)32-59-23-25-60(26-24-59)37-9-11-40(43(28-37)66-38-27-34-14-18-55-45(34)56-31-38)46(61)57-68(64,65)39-10-12-42(44(29-39)67(62,63)48(50,51)52)54-17-4-21-58-20-3-16-53-19-22-58/h5-12,14,18,27-29,31,53-54H,3-4,13,15-17,19-26,30,32H2,1-2H3,(H,55,56)(H,57,61). The summed E-state index contributed by atoms with van der Waals surface area (Å²) < 4.78 is 104. The minimum atomic E-state index is -6.03. The minimum absolute atomic E-state index is 0.00628. The van der Waals surface area contributed by atoms with Crippen LogP contribution in [0.4, 0.5) is 24.5 Å². The zero-order valence-electron chi connectivity index (χ0n) is 38.0. The molecule has 364 valence electrons. The molecule has 2 saturated heterocycles. The number of amides is 1. The normalized spacial score (nSPS) is 17.8. The molecule has 0 spiro atoms. The number of rotatable bonds is 15. The average Bonchev–Trinajstić information content (AvgIpc) is 3.61. The maximum Gasteiger partial charge on any atom is 0.501 e. The van der Waals surface area contributed by atoms with E-state index in [1.807, 2.05) is 16.9 Å². The Labute approximate surface area is 400 Å². The maximum atomic E-state index is 14.0. The first-order valence-electron chi connectivity index (χ1n) is 22.7. The number of hydrogen-bond donors (Lipinski definition) is 4. The lowest BCUT2D eigenvalue weighted by Gasteiger charge is -2.39. The van der Waals surface area contributed by atoms with Gasteiger partial charge in [-0.2, -0.15) is 13.2 Å². The molecular weight excluding hydrogens is 941 g/mol. The second kappa shape index (κ2) is 20.4. The van der Waals surface area contributed by atoms with Crippen molar-refractivity contribution in [1.82, 2.24) is 29.8 Å². The van der Waals surface area contributed by atoms with E-state index in [1.54, 1.807) is 30.5 Å². The van der Waals surface area contributed by atoms with Crippen LogP contribution >= 0.6 is 11.6 Å². The van der Waals surface area contributed by atoms with E-state index in [1.165, 1.54) is 29.0 Å². The van der Waals surface area contributed by atoms with Crippen molar-refractivity contribution in [3.05, 3.63) is 107 Å². The van der Waals surface area contributed by atoms with Gasteiger partial charge in [-0.3, -0.25) is 9.69 Å². The van der Waals surface area contributed by atoms with Crippen molar-refractivity contribution in [1.29, 1.82) is 0 Å². The number of hydrogen-bond acceptors (Lipinski definition) is 12. The molecule has 5 aromatic rings. The molecule has 20 heteroatoms. The topological polar surface area (TPSA) is 169 Å². The number of anilines is 2. The number of carbonyl (C=O) groups excluding carboxylic acids is 1. The van der Waals surface area contributed by atoms with Crippen molar-refractivity contribution in [3.63, 3.8) is 0 Å². The third-order valence-electron chi connectivity index (χ3n) is 12.8. The number of nitrogens with zero attached hydrogens (tertiary/aromatic N) is 4. The second-order valence-corrected chi connectivity index (χ2v) is 22.4. The summed E-state index contributed by atoms with van der Waals surface area (Å²) >= 11 is 6.23. The van der Waals surface area contributed by atoms with Crippen molar-refractivity contribution in [2.75, 3.05) is 82.2 Å². The summed E-state index contributed by atoms with van der Waals surface area (Å²) in [6.45, 7) is 12.3. The number of sulfonamides is 1. The predicted molar refractivity (Wildman–Crippen MR) is 259 cm³/mol. The molecule has 4 heterocycles. The van der Waals surface area contributed by atoms with Crippen LogP contribution in [-0.4, -0.2) is 120 Å². The summed E-state index contributed by atoms with van der Waals surface area (Å²) in [5, 5.41) is 7.47. The number of ether oxygens (including phenoxy) is 1. The third-order valence-corrected chi connectivity index (χ3v) is 15.9. The fourth-order valence-corrected chi connectivity index (χ4v) is 11.2. The third kappa shape index (κ3) is 11.6. The summed E-state index contributed by atoms with van der Waals surface area (Å²) in [6.07, 6.45) is 7.66. The maximum absolute atomic E-state index is 14.0. The van der Waals surface area contributed by atoms with E-state index >= 15 is 0 Å². The number of H-pyrrole nitrogens is 1. The zero-order chi connectivity index (χ0) is 48.3. The van der Waals surface area contributed by atoms with E-state index in [0.29, 0.717) is 48.5 Å². The Morgan fingerprint density at radius 1 is 0.912 bits per heavy atom. The molecule has 1 amide bonds. The summed E-state index contributed by atoms with van der Waals surface area (Å²) in [4.78, 5) is 26.1. The van der Waals surface area contributed by atoms with Gasteiger partial charge in [-0.15, -0.1) is 0 Å². The van der Waals surface area contributed by atoms with Crippen molar-refractivity contribution < 1.29 is 39.5 Å². The van der Waals surface area contributed by atoms with Gasteiger partial charge in [-0.05, 0) is 123 Å². The van der Waals surface area contributed by atoms with Gasteiger partial charge >= 0.3 is 5.51 Å². The summed E-state index contributed by atoms with van der Waals surface area (Å²) in [5.74, 6) is -0.906. The molecule has 0 bridgehead atoms. The van der Waals surface area contributed by atoms with Crippen LogP contribution < -0.4 is 25.0 Å². The molecule has 3 aromatic carbocycles. The number of aromatic nitrogens is 2. The Bertz CT molecular complexity index is 2880. The van der Waals surface area contributed by atoms with E-state index in [0.717, 1.165) is 89.0 Å². The van der Waals surface area contributed by atoms with Crippen LogP contribution in [0.25, 0.3) is 16.6 Å². The van der Waals surface area contributed by atoms with Crippen molar-refractivity contribution in [2.45, 2.75) is 61.3 Å². The number of nitrogens with one attached hydrogen (secondary N) is 4. The molecule has 0 radical (unpaired) electrons. The van der Waals surface area contributed by atoms with Crippen molar-refractivity contribution in [3.8, 4) is 11.5 Å². The molecule has 0 atom stereocenters. The number of allylic oxidation sites excluding steroid dienone is 1. The van der Waals surface area contributed by atoms with Crippen LogP contribution in [0.3, 0.4) is 0 Å². The van der Waals surface area contributed by atoms with Gasteiger partial charge < -0.3 is 30.2 Å². The van der Waals surface area contributed by atoms with Crippen molar-refractivity contribution in [2.24, 2.45) is 5.41 Å². The van der Waals surface area contributed by atoms with E-state index in [4.69, 9.17) is 16.3 Å². The zero-order valence-corrected chi connectivity index (χ0v) is 40.4. The molecular formula is C48H56ClF3N8O6S2. The molecule has 8 rings (SSSR count). The van der Waals surface area contributed by atoms with Gasteiger partial charge in [-0.1, -0.05) is 43.2 Å². The highest BCUT2D eigenvalue weighted by Crippen LogP contribution is 2.44. The number of alkyl halides is 3. The first-order chi connectivity index (χ1) is 32.3. The number of benzene rings is 3. The monoisotopic (exact) mass is 996 g/mol. The quantitative estimate of drug-likeness (QED) is 0.0742. The van der Waals surface area contributed by atoms with E-state index in [9.17, 15) is 34.8 Å². The Kier molecular flexibility index (Phi) is 14.8. The Morgan fingerprint density at radius 2 is 1.69 bits per heavy atom. The molecule has 2 fully saturated rings. The lowest BCUT2D eigenvalue weighted by molar-refractivity contribution is -0.0435. The number of sulfone groups is 1. The van der Waals surface area contributed by atoms with Crippen LogP contribution in [-0.2, 0) is 19.9 Å². The van der Waals surface area contributed by atoms with E-state index in [-0.39, 0.29) is 29.0 Å². The molecule has 4 N–H and O–H groups in total. The van der Waals surface area contributed by atoms with Crippen LogP contribution in [0.2, 0.25) is 5.02 Å². The highest BCUT2D eigenvalue weighted by Gasteiger charge is 2.48. The summed E-state index contributed by atoms with van der Waals surface area (Å²) in [6, 6.07) is 18.6. The first kappa shape index (κ1) is 49.2. The first-order valence-corrected chi connectivity index (χ1v) is 26.1. The summed E-state index contributed by atoms with van der Waals surface area (Å²) in [5.41, 5.74) is -0.872. The van der Waals surface area contributed by atoms with Crippen LogP contribution in [0.1, 0.15) is 61.9 Å². The minimum Gasteiger partial charge on any atom is -0.455 e. The van der Waals surface area contributed by atoms with Gasteiger partial charge in [0.05, 0.1) is 22.3 Å². The fraction of sp³-hybridized carbons (Fsp3) is 0.417. The SMILES string of the molecule is CC1(C)CCC(CN2CCN(c3ccc(C(=O)NS(=O)(=O)c4ccc(NCCCN5CCCNCC5)c(S(=O)(=O)C(F)(F)F)c4)c(Oc4cnc5[nH]ccc5c4)c3)CC2)=C(c2ccc(Cl)cc2)C1. The molecule has 2 aliphatic heterocycles. The number of piperazine rings is 1. The Hall–Kier alpha value is -5.18. The highest BCUT2D eigenvalue weighted by molar-refractivity contribution is 7.92. The second-order valence-electron chi connectivity index (χ2n) is 18.3. The Morgan fingerprint density at radius 3 is 2.46 bits per heavy atom. The van der Waals surface area contributed by atoms with Crippen LogP contribution in [0, 0.1) is 5.41 Å². The molecule has 68 heavy (non-hydrogen) atoms. The predicted octanol–water partition coefficient (Wildman–Crippen LogP) is 8.30. The lowest BCUT2D eigenvalue weighted by atomic mass is 9.72. The molecule has 0 saturated carbocycles. The van der Waals surface area contributed by atoms with Crippen LogP contribution in [0.5, 0.6) is 11.5 Å². The lowest BCUT2D eigenvalue weighted by Crippen LogP contribution is -2.47. The van der Waals surface area contributed by atoms with Crippen LogP contribution in [0.15, 0.2) is 101 Å². The molecule has 14 nitrogen and oxygen atoms in total. The molecule has 3 aliphatic rings. The fourth-order valence-electron chi connectivity index (χ4n) is 9.03. The smallest absolute Gasteiger partial charge is 0.455 e. The highest BCUT2D eigenvalue weighted by atomic mass is 35.5. The van der Waals surface area contributed by atoms with Gasteiger partial charge in [0.25, 0.3) is 25.8 Å². The van der Waals surface area contributed by atoms with Gasteiger partial charge in [0.1, 0.15) is 22.0 Å². The average molecular weight is 998 g/mol. The largest absolute Gasteiger partial charge is 0.501 e. The molecule has 0 unspecified atom stereocenters. The van der Waals surface area contributed by atoms with Gasteiger partial charge in [-0.25, -0.2) is 26.5 Å². The Balaban J connectivity index is 1.01. The van der Waals surface area contributed by atoms with Gasteiger partial charge in [0, 0.05) is 80.7 Å². The number of aromatic amines is 1. The molecule has 2 aromatic heterocycles. The number of fused-ring (bicyclic) bond motifs is 1. The van der Waals surface area contributed by atoms with Gasteiger partial charge in [0.2, 0.25) is 0 Å². The van der Waals surface area contributed by atoms with Gasteiger partial charge in [0.15, 0.2) is 0 Å². The van der Waals surface area contributed by atoms with Crippen molar-refractivity contribution >= 4 is 65.3 Å². The molecule has 1 aliphatic carbocycles. The number of carbonyl (C=O) groups is 1. The van der Waals surface area contributed by atoms with E-state index in [2.05, 4.69) is 61.3 Å². The number of halogens is 4. The summed E-state index contributed by atoms with van der Waals surface area (Å²) in [7, 11) is -11.0. The number of pyridine rings is 1. The van der Waals surface area contributed by atoms with E-state index < -0.39 is 46.8 Å².